The summed E-state index contributed by atoms with van der Waals surface area (Å²) in [4.78, 5) is 12.1. The SMILES string of the molecule is CCc1[nH]nc(C(=O)NCC2CCCCC2C)c1N. The maximum Gasteiger partial charge on any atom is 0.273 e. The molecule has 2 unspecified atom stereocenters. The van der Waals surface area contributed by atoms with Gasteiger partial charge in [0.05, 0.1) is 11.4 Å². The molecule has 106 valence electrons. The van der Waals surface area contributed by atoms with E-state index in [2.05, 4.69) is 22.4 Å². The maximum absolute atomic E-state index is 12.1. The molecule has 1 amide bonds. The van der Waals surface area contributed by atoms with E-state index in [1.54, 1.807) is 0 Å². The Kier molecular flexibility index (Phi) is 4.45. The van der Waals surface area contributed by atoms with E-state index in [1.165, 1.54) is 25.7 Å². The van der Waals surface area contributed by atoms with Crippen molar-refractivity contribution in [3.8, 4) is 0 Å². The normalized spacial score (nSPS) is 23.3. The molecule has 2 atom stereocenters. The number of carbonyl (C=O) groups is 1. The fourth-order valence-corrected chi connectivity index (χ4v) is 2.83. The second-order valence-electron chi connectivity index (χ2n) is 5.55. The van der Waals surface area contributed by atoms with Crippen LogP contribution in [0, 0.1) is 11.8 Å². The molecule has 1 aromatic heterocycles. The number of rotatable bonds is 4. The van der Waals surface area contributed by atoms with Crippen molar-refractivity contribution in [3.05, 3.63) is 11.4 Å². The molecule has 1 fully saturated rings. The van der Waals surface area contributed by atoms with Gasteiger partial charge in [0.2, 0.25) is 0 Å². The van der Waals surface area contributed by atoms with Gasteiger partial charge in [-0.2, -0.15) is 5.10 Å². The van der Waals surface area contributed by atoms with Crippen molar-refractivity contribution in [2.75, 3.05) is 12.3 Å². The lowest BCUT2D eigenvalue weighted by Gasteiger charge is -2.28. The second kappa shape index (κ2) is 6.08. The first-order chi connectivity index (χ1) is 9.13. The summed E-state index contributed by atoms with van der Waals surface area (Å²) >= 11 is 0. The Morgan fingerprint density at radius 2 is 2.21 bits per heavy atom. The first kappa shape index (κ1) is 13.9. The molecular formula is C14H24N4O. The third-order valence-corrected chi connectivity index (χ3v) is 4.27. The van der Waals surface area contributed by atoms with E-state index in [-0.39, 0.29) is 5.91 Å². The summed E-state index contributed by atoms with van der Waals surface area (Å²) in [6.07, 6.45) is 5.82. The summed E-state index contributed by atoms with van der Waals surface area (Å²) in [5.74, 6) is 1.12. The van der Waals surface area contributed by atoms with Crippen molar-refractivity contribution in [1.29, 1.82) is 0 Å². The zero-order valence-electron chi connectivity index (χ0n) is 11.8. The van der Waals surface area contributed by atoms with Crippen LogP contribution in [0.5, 0.6) is 0 Å². The first-order valence-electron chi connectivity index (χ1n) is 7.24. The number of aryl methyl sites for hydroxylation is 1. The quantitative estimate of drug-likeness (QED) is 0.778. The van der Waals surface area contributed by atoms with Gasteiger partial charge in [-0.15, -0.1) is 0 Å². The predicted octanol–water partition coefficient (Wildman–Crippen LogP) is 2.11. The second-order valence-corrected chi connectivity index (χ2v) is 5.55. The fraction of sp³-hybridized carbons (Fsp3) is 0.714. The fourth-order valence-electron chi connectivity index (χ4n) is 2.83. The summed E-state index contributed by atoms with van der Waals surface area (Å²) in [5, 5.41) is 9.80. The molecule has 5 nitrogen and oxygen atoms in total. The van der Waals surface area contributed by atoms with Gasteiger partial charge in [-0.3, -0.25) is 9.89 Å². The lowest BCUT2D eigenvalue weighted by molar-refractivity contribution is 0.0932. The van der Waals surface area contributed by atoms with Crippen molar-refractivity contribution in [2.45, 2.75) is 46.0 Å². The highest BCUT2D eigenvalue weighted by molar-refractivity contribution is 5.97. The summed E-state index contributed by atoms with van der Waals surface area (Å²) in [5.41, 5.74) is 7.54. The standard InChI is InChI=1S/C14H24N4O/c1-3-11-12(15)13(18-17-11)14(19)16-8-10-7-5-4-6-9(10)2/h9-10H,3-8,15H2,1-2H3,(H,16,19)(H,17,18). The molecule has 0 saturated heterocycles. The van der Waals surface area contributed by atoms with Gasteiger partial charge in [-0.05, 0) is 24.7 Å². The first-order valence-corrected chi connectivity index (χ1v) is 7.24. The van der Waals surface area contributed by atoms with Crippen LogP contribution < -0.4 is 11.1 Å². The smallest absolute Gasteiger partial charge is 0.273 e. The zero-order valence-corrected chi connectivity index (χ0v) is 11.8. The highest BCUT2D eigenvalue weighted by atomic mass is 16.1. The minimum atomic E-state index is -0.161. The third kappa shape index (κ3) is 3.08. The van der Waals surface area contributed by atoms with Crippen LogP contribution in [0.2, 0.25) is 0 Å². The molecule has 0 aliphatic heterocycles. The number of hydrogen-bond acceptors (Lipinski definition) is 3. The third-order valence-electron chi connectivity index (χ3n) is 4.27. The van der Waals surface area contributed by atoms with Crippen LogP contribution in [0.3, 0.4) is 0 Å². The molecule has 0 aromatic carbocycles. The monoisotopic (exact) mass is 264 g/mol. The van der Waals surface area contributed by atoms with Gasteiger partial charge in [-0.1, -0.05) is 33.1 Å². The van der Waals surface area contributed by atoms with Gasteiger partial charge in [0.1, 0.15) is 0 Å². The van der Waals surface area contributed by atoms with Crippen LogP contribution in [-0.2, 0) is 6.42 Å². The van der Waals surface area contributed by atoms with Crippen LogP contribution in [-0.4, -0.2) is 22.6 Å². The van der Waals surface area contributed by atoms with E-state index < -0.39 is 0 Å². The molecule has 5 heteroatoms. The highest BCUT2D eigenvalue weighted by Gasteiger charge is 2.23. The summed E-state index contributed by atoms with van der Waals surface area (Å²) in [6.45, 7) is 4.98. The highest BCUT2D eigenvalue weighted by Crippen LogP contribution is 2.29. The predicted molar refractivity (Wildman–Crippen MR) is 75.8 cm³/mol. The topological polar surface area (TPSA) is 83.8 Å². The van der Waals surface area contributed by atoms with Crippen molar-refractivity contribution in [2.24, 2.45) is 11.8 Å². The summed E-state index contributed by atoms with van der Waals surface area (Å²) < 4.78 is 0. The van der Waals surface area contributed by atoms with Crippen LogP contribution in [0.25, 0.3) is 0 Å². The molecular weight excluding hydrogens is 240 g/mol. The molecule has 1 aromatic rings. The van der Waals surface area contributed by atoms with Crippen molar-refractivity contribution < 1.29 is 4.79 Å². The Balaban J connectivity index is 1.91. The molecule has 2 rings (SSSR count). The Morgan fingerprint density at radius 1 is 1.47 bits per heavy atom. The van der Waals surface area contributed by atoms with Crippen molar-refractivity contribution >= 4 is 11.6 Å². The zero-order chi connectivity index (χ0) is 13.8. The van der Waals surface area contributed by atoms with Gasteiger partial charge >= 0.3 is 0 Å². The average molecular weight is 264 g/mol. The number of aromatic amines is 1. The van der Waals surface area contributed by atoms with E-state index in [0.717, 1.165) is 18.7 Å². The molecule has 1 aliphatic rings. The average Bonchev–Trinajstić information content (AvgIpc) is 2.78. The van der Waals surface area contributed by atoms with E-state index in [4.69, 9.17) is 5.73 Å². The summed E-state index contributed by atoms with van der Waals surface area (Å²) in [6, 6.07) is 0. The van der Waals surface area contributed by atoms with Crippen molar-refractivity contribution in [1.82, 2.24) is 15.5 Å². The van der Waals surface area contributed by atoms with Gasteiger partial charge < -0.3 is 11.1 Å². The number of nitrogens with two attached hydrogens (primary N) is 1. The van der Waals surface area contributed by atoms with Crippen LogP contribution in [0.15, 0.2) is 0 Å². The molecule has 4 N–H and O–H groups in total. The number of nitrogens with one attached hydrogen (secondary N) is 2. The lowest BCUT2D eigenvalue weighted by Crippen LogP contribution is -2.33. The van der Waals surface area contributed by atoms with E-state index >= 15 is 0 Å². The van der Waals surface area contributed by atoms with Crippen molar-refractivity contribution in [3.63, 3.8) is 0 Å². The van der Waals surface area contributed by atoms with Gasteiger partial charge in [0, 0.05) is 6.54 Å². The number of H-pyrrole nitrogens is 1. The van der Waals surface area contributed by atoms with Gasteiger partial charge in [0.15, 0.2) is 5.69 Å². The Labute approximate surface area is 114 Å². The van der Waals surface area contributed by atoms with E-state index in [1.807, 2.05) is 6.92 Å². The van der Waals surface area contributed by atoms with Crippen LogP contribution in [0.1, 0.15) is 55.7 Å². The molecule has 0 bridgehead atoms. The number of anilines is 1. The number of aromatic nitrogens is 2. The Bertz CT molecular complexity index is 441. The van der Waals surface area contributed by atoms with Crippen LogP contribution >= 0.6 is 0 Å². The molecule has 1 aliphatic carbocycles. The maximum atomic E-state index is 12.1. The van der Waals surface area contributed by atoms with E-state index in [9.17, 15) is 4.79 Å². The molecule has 0 spiro atoms. The largest absolute Gasteiger partial charge is 0.395 e. The number of nitrogens with zero attached hydrogens (tertiary/aromatic N) is 1. The molecule has 1 heterocycles. The minimum Gasteiger partial charge on any atom is -0.395 e. The summed E-state index contributed by atoms with van der Waals surface area (Å²) in [7, 11) is 0. The number of nitrogen functional groups attached to an aromatic ring is 1. The molecule has 19 heavy (non-hydrogen) atoms. The molecule has 1 saturated carbocycles. The number of hydrogen-bond donors (Lipinski definition) is 3. The Hall–Kier alpha value is -1.52. The molecule has 0 radical (unpaired) electrons. The Morgan fingerprint density at radius 3 is 2.84 bits per heavy atom. The number of amides is 1. The van der Waals surface area contributed by atoms with Gasteiger partial charge in [0.25, 0.3) is 5.91 Å². The minimum absolute atomic E-state index is 0.161. The van der Waals surface area contributed by atoms with Gasteiger partial charge in [-0.25, -0.2) is 0 Å². The number of carbonyl (C=O) groups excluding carboxylic acids is 1. The van der Waals surface area contributed by atoms with E-state index in [0.29, 0.717) is 23.2 Å². The van der Waals surface area contributed by atoms with Crippen LogP contribution in [0.4, 0.5) is 5.69 Å². The lowest BCUT2D eigenvalue weighted by atomic mass is 9.80.